The second-order valence-corrected chi connectivity index (χ2v) is 3.93. The van der Waals surface area contributed by atoms with Gasteiger partial charge in [-0.3, -0.25) is 9.59 Å². The van der Waals surface area contributed by atoms with Gasteiger partial charge in [-0.15, -0.1) is 12.4 Å². The van der Waals surface area contributed by atoms with Crippen LogP contribution >= 0.6 is 12.4 Å². The summed E-state index contributed by atoms with van der Waals surface area (Å²) in [6.07, 6.45) is 0. The predicted octanol–water partition coefficient (Wildman–Crippen LogP) is 0.0595. The summed E-state index contributed by atoms with van der Waals surface area (Å²) in [5.41, 5.74) is 6.92. The summed E-state index contributed by atoms with van der Waals surface area (Å²) < 4.78 is 4.80. The van der Waals surface area contributed by atoms with E-state index in [9.17, 15) is 9.59 Å². The summed E-state index contributed by atoms with van der Waals surface area (Å²) >= 11 is 0. The lowest BCUT2D eigenvalue weighted by atomic mass is 10.1. The maximum atomic E-state index is 11.7. The number of carbonyl (C=O) groups excluding carboxylic acids is 2. The van der Waals surface area contributed by atoms with Gasteiger partial charge >= 0.3 is 0 Å². The van der Waals surface area contributed by atoms with Crippen molar-refractivity contribution in [2.45, 2.75) is 6.54 Å². The fourth-order valence-electron chi connectivity index (χ4n) is 1.41. The van der Waals surface area contributed by atoms with Gasteiger partial charge in [0.2, 0.25) is 5.91 Å². The van der Waals surface area contributed by atoms with E-state index in [1.54, 1.807) is 31.4 Å². The van der Waals surface area contributed by atoms with Gasteiger partial charge in [-0.05, 0) is 17.7 Å². The fourth-order valence-corrected chi connectivity index (χ4v) is 1.41. The Morgan fingerprint density at radius 3 is 2.40 bits per heavy atom. The molecule has 2 amide bonds. The molecule has 7 heteroatoms. The monoisotopic (exact) mass is 301 g/mol. The molecular formula is C13H20ClN3O3. The molecule has 0 unspecified atom stereocenters. The molecule has 0 saturated carbocycles. The van der Waals surface area contributed by atoms with Crippen LogP contribution < -0.4 is 16.4 Å². The Bertz CT molecular complexity index is 423. The van der Waals surface area contributed by atoms with Crippen molar-refractivity contribution in [3.05, 3.63) is 35.4 Å². The number of hydrogen-bond acceptors (Lipinski definition) is 4. The third-order valence-corrected chi connectivity index (χ3v) is 2.49. The van der Waals surface area contributed by atoms with E-state index < -0.39 is 0 Å². The van der Waals surface area contributed by atoms with Gasteiger partial charge in [0.05, 0.1) is 13.2 Å². The maximum absolute atomic E-state index is 11.7. The molecule has 0 radical (unpaired) electrons. The number of methoxy groups -OCH3 is 1. The highest BCUT2D eigenvalue weighted by Crippen LogP contribution is 2.03. The minimum atomic E-state index is -0.287. The first kappa shape index (κ1) is 18.4. The van der Waals surface area contributed by atoms with Crippen molar-refractivity contribution in [2.24, 2.45) is 5.73 Å². The molecule has 0 heterocycles. The number of halogens is 1. The molecule has 0 fully saturated rings. The Labute approximate surface area is 124 Å². The topological polar surface area (TPSA) is 93.5 Å². The normalized spacial score (nSPS) is 9.50. The molecule has 0 aliphatic carbocycles. The molecule has 112 valence electrons. The molecule has 20 heavy (non-hydrogen) atoms. The second kappa shape index (κ2) is 10.2. The lowest BCUT2D eigenvalue weighted by Gasteiger charge is -2.07. The molecular weight excluding hydrogens is 282 g/mol. The minimum Gasteiger partial charge on any atom is -0.383 e. The molecule has 6 nitrogen and oxygen atoms in total. The van der Waals surface area contributed by atoms with Gasteiger partial charge in [0, 0.05) is 25.8 Å². The minimum absolute atomic E-state index is 0. The standard InChI is InChI=1S/C13H19N3O3.ClH/c1-19-7-6-15-12(17)9-16-13(18)11-4-2-10(8-14)3-5-11;/h2-5H,6-9,14H2,1H3,(H,15,17)(H,16,18);1H. The Morgan fingerprint density at radius 1 is 1.20 bits per heavy atom. The maximum Gasteiger partial charge on any atom is 0.251 e. The number of ether oxygens (including phenoxy) is 1. The van der Waals surface area contributed by atoms with Crippen LogP contribution in [0.25, 0.3) is 0 Å². The molecule has 1 aromatic carbocycles. The fraction of sp³-hybridized carbons (Fsp3) is 0.385. The summed E-state index contributed by atoms with van der Waals surface area (Å²) in [6.45, 7) is 1.25. The quantitative estimate of drug-likeness (QED) is 0.621. The Balaban J connectivity index is 0.00000361. The highest BCUT2D eigenvalue weighted by Gasteiger charge is 2.07. The average molecular weight is 302 g/mol. The number of nitrogens with two attached hydrogens (primary N) is 1. The van der Waals surface area contributed by atoms with Gasteiger partial charge in [0.15, 0.2) is 0 Å². The number of rotatable bonds is 7. The van der Waals surface area contributed by atoms with Gasteiger partial charge in [-0.2, -0.15) is 0 Å². The van der Waals surface area contributed by atoms with Crippen LogP contribution in [0.15, 0.2) is 24.3 Å². The zero-order valence-electron chi connectivity index (χ0n) is 11.3. The van der Waals surface area contributed by atoms with Crippen molar-refractivity contribution in [1.29, 1.82) is 0 Å². The Kier molecular flexibility index (Phi) is 9.36. The van der Waals surface area contributed by atoms with E-state index in [1.807, 2.05) is 0 Å². The van der Waals surface area contributed by atoms with Crippen LogP contribution in [0.5, 0.6) is 0 Å². The first-order valence-electron chi connectivity index (χ1n) is 6.00. The molecule has 1 aromatic rings. The van der Waals surface area contributed by atoms with Crippen molar-refractivity contribution >= 4 is 24.2 Å². The molecule has 4 N–H and O–H groups in total. The Hall–Kier alpha value is -1.63. The zero-order valence-corrected chi connectivity index (χ0v) is 12.2. The van der Waals surface area contributed by atoms with Crippen molar-refractivity contribution in [1.82, 2.24) is 10.6 Å². The first-order valence-corrected chi connectivity index (χ1v) is 6.00. The number of nitrogens with one attached hydrogen (secondary N) is 2. The summed E-state index contributed by atoms with van der Waals surface area (Å²) in [5.74, 6) is -0.533. The lowest BCUT2D eigenvalue weighted by molar-refractivity contribution is -0.120. The largest absolute Gasteiger partial charge is 0.383 e. The SMILES string of the molecule is COCCNC(=O)CNC(=O)c1ccc(CN)cc1.Cl. The molecule has 0 saturated heterocycles. The van der Waals surface area contributed by atoms with Gasteiger partial charge < -0.3 is 21.1 Å². The third kappa shape index (κ3) is 6.51. The average Bonchev–Trinajstić information content (AvgIpc) is 2.45. The summed E-state index contributed by atoms with van der Waals surface area (Å²) in [6, 6.07) is 6.93. The first-order chi connectivity index (χ1) is 9.17. The van der Waals surface area contributed by atoms with E-state index in [0.717, 1.165) is 5.56 Å². The number of hydrogen-bond donors (Lipinski definition) is 3. The van der Waals surface area contributed by atoms with E-state index in [1.165, 1.54) is 0 Å². The van der Waals surface area contributed by atoms with Crippen LogP contribution in [-0.2, 0) is 16.1 Å². The molecule has 0 aliphatic heterocycles. The van der Waals surface area contributed by atoms with E-state index in [0.29, 0.717) is 25.3 Å². The van der Waals surface area contributed by atoms with Crippen molar-refractivity contribution < 1.29 is 14.3 Å². The van der Waals surface area contributed by atoms with E-state index in [-0.39, 0.29) is 30.8 Å². The molecule has 0 bridgehead atoms. The van der Waals surface area contributed by atoms with Crippen molar-refractivity contribution in [2.75, 3.05) is 26.8 Å². The van der Waals surface area contributed by atoms with Crippen LogP contribution in [0, 0.1) is 0 Å². The van der Waals surface area contributed by atoms with Crippen molar-refractivity contribution in [3.63, 3.8) is 0 Å². The summed E-state index contributed by atoms with van der Waals surface area (Å²) in [7, 11) is 1.55. The van der Waals surface area contributed by atoms with Crippen LogP contribution in [0.1, 0.15) is 15.9 Å². The van der Waals surface area contributed by atoms with E-state index in [2.05, 4.69) is 10.6 Å². The summed E-state index contributed by atoms with van der Waals surface area (Å²) in [5, 5.41) is 5.15. The number of benzene rings is 1. The van der Waals surface area contributed by atoms with Gasteiger partial charge in [0.25, 0.3) is 5.91 Å². The van der Waals surface area contributed by atoms with Gasteiger partial charge in [-0.1, -0.05) is 12.1 Å². The zero-order chi connectivity index (χ0) is 14.1. The van der Waals surface area contributed by atoms with Crippen LogP contribution in [0.2, 0.25) is 0 Å². The molecule has 1 rings (SSSR count). The second-order valence-electron chi connectivity index (χ2n) is 3.93. The molecule has 0 aromatic heterocycles. The third-order valence-electron chi connectivity index (χ3n) is 2.49. The Morgan fingerprint density at radius 2 is 1.85 bits per heavy atom. The smallest absolute Gasteiger partial charge is 0.251 e. The number of amides is 2. The highest BCUT2D eigenvalue weighted by molar-refractivity contribution is 5.96. The van der Waals surface area contributed by atoms with Crippen LogP contribution in [-0.4, -0.2) is 38.6 Å². The molecule has 0 spiro atoms. The van der Waals surface area contributed by atoms with Crippen molar-refractivity contribution in [3.8, 4) is 0 Å². The predicted molar refractivity (Wildman–Crippen MR) is 78.8 cm³/mol. The van der Waals surface area contributed by atoms with Crippen LogP contribution in [0.4, 0.5) is 0 Å². The lowest BCUT2D eigenvalue weighted by Crippen LogP contribution is -2.38. The van der Waals surface area contributed by atoms with Crippen LogP contribution in [0.3, 0.4) is 0 Å². The van der Waals surface area contributed by atoms with E-state index >= 15 is 0 Å². The number of carbonyl (C=O) groups is 2. The highest BCUT2D eigenvalue weighted by atomic mass is 35.5. The van der Waals surface area contributed by atoms with Gasteiger partial charge in [0.1, 0.15) is 0 Å². The molecule has 0 atom stereocenters. The molecule has 0 aliphatic rings. The van der Waals surface area contributed by atoms with E-state index in [4.69, 9.17) is 10.5 Å². The van der Waals surface area contributed by atoms with Gasteiger partial charge in [-0.25, -0.2) is 0 Å². The summed E-state index contributed by atoms with van der Waals surface area (Å²) in [4.78, 5) is 23.1.